The number of halogens is 1. The lowest BCUT2D eigenvalue weighted by molar-refractivity contribution is -0.384. The van der Waals surface area contributed by atoms with Gasteiger partial charge in [-0.3, -0.25) is 10.1 Å². The summed E-state index contributed by atoms with van der Waals surface area (Å²) in [4.78, 5) is 14.9. The molecule has 0 fully saturated rings. The van der Waals surface area contributed by atoms with Gasteiger partial charge in [-0.15, -0.1) is 24.0 Å². The lowest BCUT2D eigenvalue weighted by atomic mass is 10.1. The molecule has 0 aromatic heterocycles. The number of guanidine groups is 1. The van der Waals surface area contributed by atoms with Crippen LogP contribution in [0.25, 0.3) is 0 Å². The summed E-state index contributed by atoms with van der Waals surface area (Å²) in [6.07, 6.45) is 2.02. The Balaban J connectivity index is 0.00000338. The highest BCUT2D eigenvalue weighted by Crippen LogP contribution is 2.13. The van der Waals surface area contributed by atoms with Crippen LogP contribution in [0.3, 0.4) is 0 Å². The van der Waals surface area contributed by atoms with Gasteiger partial charge in [0, 0.05) is 25.2 Å². The zero-order valence-electron chi connectivity index (χ0n) is 14.9. The van der Waals surface area contributed by atoms with Gasteiger partial charge < -0.3 is 10.6 Å². The molecule has 0 amide bonds. The summed E-state index contributed by atoms with van der Waals surface area (Å²) in [5, 5.41) is 17.3. The molecule has 0 saturated heterocycles. The number of hydrogen-bond donors (Lipinski definition) is 2. The highest BCUT2D eigenvalue weighted by Gasteiger charge is 2.05. The fourth-order valence-electron chi connectivity index (χ4n) is 2.42. The first-order chi connectivity index (χ1) is 12.2. The minimum atomic E-state index is -0.389. The van der Waals surface area contributed by atoms with E-state index in [0.29, 0.717) is 6.54 Å². The Morgan fingerprint density at radius 2 is 1.81 bits per heavy atom. The van der Waals surface area contributed by atoms with Crippen molar-refractivity contribution in [3.8, 4) is 0 Å². The van der Waals surface area contributed by atoms with Crippen LogP contribution in [0.15, 0.2) is 59.6 Å². The van der Waals surface area contributed by atoms with E-state index in [4.69, 9.17) is 0 Å². The van der Waals surface area contributed by atoms with Crippen molar-refractivity contribution in [3.05, 3.63) is 75.8 Å². The smallest absolute Gasteiger partial charge is 0.269 e. The minimum absolute atomic E-state index is 0. The highest BCUT2D eigenvalue weighted by molar-refractivity contribution is 14.0. The Morgan fingerprint density at radius 1 is 1.08 bits per heavy atom. The maximum absolute atomic E-state index is 10.8. The Morgan fingerprint density at radius 3 is 2.50 bits per heavy atom. The van der Waals surface area contributed by atoms with Gasteiger partial charge in [0.25, 0.3) is 5.69 Å². The topological polar surface area (TPSA) is 79.6 Å². The predicted molar refractivity (Wildman–Crippen MR) is 116 cm³/mol. The van der Waals surface area contributed by atoms with E-state index in [0.717, 1.165) is 37.5 Å². The van der Waals surface area contributed by atoms with Crippen LogP contribution < -0.4 is 10.6 Å². The van der Waals surface area contributed by atoms with E-state index in [9.17, 15) is 10.1 Å². The van der Waals surface area contributed by atoms with Gasteiger partial charge in [0.2, 0.25) is 0 Å². The summed E-state index contributed by atoms with van der Waals surface area (Å²) in [7, 11) is 0. The molecule has 2 aromatic carbocycles. The quantitative estimate of drug-likeness (QED) is 0.154. The maximum atomic E-state index is 10.8. The van der Waals surface area contributed by atoms with E-state index in [-0.39, 0.29) is 34.6 Å². The van der Waals surface area contributed by atoms with Gasteiger partial charge in [-0.25, -0.2) is 4.99 Å². The molecule has 0 spiro atoms. The summed E-state index contributed by atoms with van der Waals surface area (Å²) >= 11 is 0. The van der Waals surface area contributed by atoms with Gasteiger partial charge in [0.15, 0.2) is 5.96 Å². The third-order valence-corrected chi connectivity index (χ3v) is 3.66. The fraction of sp³-hybridized carbons (Fsp3) is 0.316. The van der Waals surface area contributed by atoms with E-state index in [1.807, 2.05) is 31.2 Å². The van der Waals surface area contributed by atoms with Crippen LogP contribution in [-0.2, 0) is 13.0 Å². The van der Waals surface area contributed by atoms with E-state index >= 15 is 0 Å². The SMILES string of the molecule is CCNC(=NCc1cccc([N+](=O)[O-])c1)NCCCc1ccccc1.I. The number of aryl methyl sites for hydroxylation is 1. The number of aliphatic imine (C=N–C) groups is 1. The maximum Gasteiger partial charge on any atom is 0.269 e. The molecule has 2 rings (SSSR count). The number of nitro benzene ring substituents is 1. The monoisotopic (exact) mass is 468 g/mol. The van der Waals surface area contributed by atoms with E-state index in [1.165, 1.54) is 11.6 Å². The number of nitro groups is 1. The van der Waals surface area contributed by atoms with Crippen molar-refractivity contribution in [2.45, 2.75) is 26.3 Å². The van der Waals surface area contributed by atoms with Crippen molar-refractivity contribution in [2.75, 3.05) is 13.1 Å². The summed E-state index contributed by atoms with van der Waals surface area (Å²) in [5.74, 6) is 0.724. The van der Waals surface area contributed by atoms with Crippen LogP contribution in [0.2, 0.25) is 0 Å². The van der Waals surface area contributed by atoms with Crippen LogP contribution in [0.5, 0.6) is 0 Å². The molecule has 0 unspecified atom stereocenters. The van der Waals surface area contributed by atoms with Gasteiger partial charge in [0.1, 0.15) is 0 Å². The lowest BCUT2D eigenvalue weighted by Crippen LogP contribution is -2.37. The molecule has 0 aliphatic heterocycles. The molecule has 140 valence electrons. The molecule has 2 N–H and O–H groups in total. The molecular formula is C19H25IN4O2. The molecule has 0 aliphatic rings. The standard InChI is InChI=1S/C19H24N4O2.HI/c1-2-20-19(21-13-7-11-16-8-4-3-5-9-16)22-15-17-10-6-12-18(14-17)23(24)25;/h3-6,8-10,12,14H,2,7,11,13,15H2,1H3,(H2,20,21,22);1H. The van der Waals surface area contributed by atoms with Crippen molar-refractivity contribution in [2.24, 2.45) is 4.99 Å². The zero-order valence-corrected chi connectivity index (χ0v) is 17.2. The molecular weight excluding hydrogens is 443 g/mol. The van der Waals surface area contributed by atoms with Crippen molar-refractivity contribution in [3.63, 3.8) is 0 Å². The van der Waals surface area contributed by atoms with Crippen LogP contribution in [-0.4, -0.2) is 24.0 Å². The Bertz CT molecular complexity index is 708. The average Bonchev–Trinajstić information content (AvgIpc) is 2.64. The van der Waals surface area contributed by atoms with Crippen molar-refractivity contribution in [1.29, 1.82) is 0 Å². The Hall–Kier alpha value is -2.16. The molecule has 0 heterocycles. The minimum Gasteiger partial charge on any atom is -0.357 e. The van der Waals surface area contributed by atoms with Crippen molar-refractivity contribution in [1.82, 2.24) is 10.6 Å². The highest BCUT2D eigenvalue weighted by atomic mass is 127. The molecule has 26 heavy (non-hydrogen) atoms. The number of nitrogens with one attached hydrogen (secondary N) is 2. The van der Waals surface area contributed by atoms with E-state index in [1.54, 1.807) is 12.1 Å². The largest absolute Gasteiger partial charge is 0.357 e. The molecule has 0 aliphatic carbocycles. The first-order valence-electron chi connectivity index (χ1n) is 8.48. The third kappa shape index (κ3) is 7.81. The summed E-state index contributed by atoms with van der Waals surface area (Å²) in [6, 6.07) is 16.9. The molecule has 0 bridgehead atoms. The van der Waals surface area contributed by atoms with Crippen LogP contribution in [0.4, 0.5) is 5.69 Å². The second-order valence-electron chi connectivity index (χ2n) is 5.64. The van der Waals surface area contributed by atoms with E-state index in [2.05, 4.69) is 27.8 Å². The third-order valence-electron chi connectivity index (χ3n) is 3.66. The number of benzene rings is 2. The number of hydrogen-bond acceptors (Lipinski definition) is 3. The fourth-order valence-corrected chi connectivity index (χ4v) is 2.42. The molecule has 6 nitrogen and oxygen atoms in total. The number of rotatable bonds is 8. The van der Waals surface area contributed by atoms with E-state index < -0.39 is 0 Å². The van der Waals surface area contributed by atoms with Crippen LogP contribution in [0.1, 0.15) is 24.5 Å². The zero-order chi connectivity index (χ0) is 17.9. The first kappa shape index (κ1) is 21.9. The molecule has 2 aromatic rings. The molecule has 0 saturated carbocycles. The van der Waals surface area contributed by atoms with Gasteiger partial charge in [-0.2, -0.15) is 0 Å². The Labute approximate surface area is 171 Å². The lowest BCUT2D eigenvalue weighted by Gasteiger charge is -2.11. The summed E-state index contributed by atoms with van der Waals surface area (Å²) in [6.45, 7) is 3.99. The van der Waals surface area contributed by atoms with Crippen LogP contribution in [0, 0.1) is 10.1 Å². The normalized spacial score (nSPS) is 10.7. The number of non-ortho nitro benzene ring substituents is 1. The van der Waals surface area contributed by atoms with Crippen LogP contribution >= 0.6 is 24.0 Å². The van der Waals surface area contributed by atoms with Crippen molar-refractivity contribution >= 4 is 35.6 Å². The predicted octanol–water partition coefficient (Wildman–Crippen LogP) is 3.90. The summed E-state index contributed by atoms with van der Waals surface area (Å²) in [5.41, 5.74) is 2.23. The summed E-state index contributed by atoms with van der Waals surface area (Å²) < 4.78 is 0. The molecule has 0 radical (unpaired) electrons. The van der Waals surface area contributed by atoms with Gasteiger partial charge in [0.05, 0.1) is 11.5 Å². The van der Waals surface area contributed by atoms with Gasteiger partial charge >= 0.3 is 0 Å². The molecule has 0 atom stereocenters. The van der Waals surface area contributed by atoms with Crippen molar-refractivity contribution < 1.29 is 4.92 Å². The van der Waals surface area contributed by atoms with Gasteiger partial charge in [-0.05, 0) is 30.9 Å². The Kier molecular flexibility index (Phi) is 10.3. The van der Waals surface area contributed by atoms with Gasteiger partial charge in [-0.1, -0.05) is 42.5 Å². The second-order valence-corrected chi connectivity index (χ2v) is 5.64. The second kappa shape index (κ2) is 12.2. The molecule has 7 heteroatoms. The first-order valence-corrected chi connectivity index (χ1v) is 8.48. The number of nitrogens with zero attached hydrogens (tertiary/aromatic N) is 2. The average molecular weight is 468 g/mol.